The van der Waals surface area contributed by atoms with Crippen molar-refractivity contribution in [2.24, 2.45) is 5.16 Å². The number of carbonyl (C=O) groups excluding carboxylic acids is 1. The molecule has 1 saturated heterocycles. The monoisotopic (exact) mass is 278 g/mol. The summed E-state index contributed by atoms with van der Waals surface area (Å²) in [5, 5.41) is 3.88. The molecule has 1 unspecified atom stereocenters. The summed E-state index contributed by atoms with van der Waals surface area (Å²) in [6, 6.07) is 5.37. The first kappa shape index (κ1) is 14.2. The number of hydrogen-bond donors (Lipinski definition) is 0. The molecule has 0 radical (unpaired) electrons. The number of methoxy groups -OCH3 is 2. The zero-order chi connectivity index (χ0) is 14.5. The average Bonchev–Trinajstić information content (AvgIpc) is 2.79. The fourth-order valence-corrected chi connectivity index (χ4v) is 1.99. The van der Waals surface area contributed by atoms with Crippen LogP contribution in [0.15, 0.2) is 23.4 Å². The number of ether oxygens (including phenoxy) is 2. The number of rotatable bonds is 5. The van der Waals surface area contributed by atoms with Gasteiger partial charge in [-0.3, -0.25) is 4.79 Å². The predicted molar refractivity (Wildman–Crippen MR) is 74.3 cm³/mol. The molecule has 1 heterocycles. The number of likely N-dealkylation sites (N-methyl/N-ethyl adjacent to an activating group) is 1. The van der Waals surface area contributed by atoms with E-state index in [-0.39, 0.29) is 5.91 Å². The van der Waals surface area contributed by atoms with Gasteiger partial charge in [0.15, 0.2) is 0 Å². The molecule has 108 valence electrons. The minimum absolute atomic E-state index is 0.0419. The van der Waals surface area contributed by atoms with E-state index < -0.39 is 6.10 Å². The van der Waals surface area contributed by atoms with Crippen molar-refractivity contribution in [2.45, 2.75) is 12.5 Å². The van der Waals surface area contributed by atoms with Gasteiger partial charge in [-0.05, 0) is 18.2 Å². The van der Waals surface area contributed by atoms with E-state index in [4.69, 9.17) is 14.3 Å². The van der Waals surface area contributed by atoms with Crippen LogP contribution in [0.4, 0.5) is 0 Å². The molecule has 20 heavy (non-hydrogen) atoms. The van der Waals surface area contributed by atoms with Crippen molar-refractivity contribution >= 4 is 12.1 Å². The van der Waals surface area contributed by atoms with Crippen LogP contribution in [-0.2, 0) is 9.63 Å². The second-order valence-electron chi connectivity index (χ2n) is 4.48. The van der Waals surface area contributed by atoms with Crippen LogP contribution in [0.2, 0.25) is 0 Å². The van der Waals surface area contributed by atoms with E-state index in [2.05, 4.69) is 5.16 Å². The molecular formula is C14H18N2O4. The number of carbonyl (C=O) groups is 1. The normalized spacial score (nSPS) is 18.6. The Labute approximate surface area is 117 Å². The first-order chi connectivity index (χ1) is 9.65. The molecule has 0 N–H and O–H groups in total. The van der Waals surface area contributed by atoms with Crippen molar-refractivity contribution in [3.63, 3.8) is 0 Å². The molecule has 1 amide bonds. The summed E-state index contributed by atoms with van der Waals surface area (Å²) in [5.41, 5.74) is 0.727. The highest BCUT2D eigenvalue weighted by Crippen LogP contribution is 2.22. The second-order valence-corrected chi connectivity index (χ2v) is 4.48. The van der Waals surface area contributed by atoms with Gasteiger partial charge in [0.25, 0.3) is 5.91 Å². The molecule has 1 atom stereocenters. The van der Waals surface area contributed by atoms with Gasteiger partial charge in [0.2, 0.25) is 6.10 Å². The molecule has 2 rings (SSSR count). The Hall–Kier alpha value is -2.24. The van der Waals surface area contributed by atoms with Gasteiger partial charge in [-0.2, -0.15) is 0 Å². The fourth-order valence-electron chi connectivity index (χ4n) is 1.99. The summed E-state index contributed by atoms with van der Waals surface area (Å²) >= 11 is 0. The molecule has 6 heteroatoms. The number of oxime groups is 1. The van der Waals surface area contributed by atoms with Crippen molar-refractivity contribution in [1.82, 2.24) is 4.90 Å². The predicted octanol–water partition coefficient (Wildman–Crippen LogP) is 1.29. The van der Waals surface area contributed by atoms with Gasteiger partial charge in [0.1, 0.15) is 11.5 Å². The molecule has 1 aromatic rings. The van der Waals surface area contributed by atoms with E-state index in [0.717, 1.165) is 5.56 Å². The third kappa shape index (κ3) is 3.01. The summed E-state index contributed by atoms with van der Waals surface area (Å²) in [6.45, 7) is 0.696. The molecule has 1 fully saturated rings. The van der Waals surface area contributed by atoms with Gasteiger partial charge in [0.05, 0.1) is 20.4 Å². The lowest BCUT2D eigenvalue weighted by molar-refractivity contribution is -0.136. The molecule has 0 bridgehead atoms. The van der Waals surface area contributed by atoms with E-state index in [0.29, 0.717) is 24.5 Å². The summed E-state index contributed by atoms with van der Waals surface area (Å²) in [7, 11) is 4.92. The van der Waals surface area contributed by atoms with Crippen molar-refractivity contribution in [3.05, 3.63) is 23.8 Å². The second kappa shape index (κ2) is 6.27. The lowest BCUT2D eigenvalue weighted by Gasteiger charge is -2.09. The highest BCUT2D eigenvalue weighted by molar-refractivity contribution is 5.85. The Morgan fingerprint density at radius 2 is 2.15 bits per heavy atom. The number of likely N-dealkylation sites (tertiary alicyclic amines) is 1. The Morgan fingerprint density at radius 1 is 1.35 bits per heavy atom. The van der Waals surface area contributed by atoms with Crippen LogP contribution in [0.25, 0.3) is 0 Å². The average molecular weight is 278 g/mol. The van der Waals surface area contributed by atoms with Gasteiger partial charge in [-0.1, -0.05) is 5.16 Å². The standard InChI is InChI=1S/C14H18N2O4/c1-16-7-6-13(14(16)17)20-15-9-10-8-11(18-2)4-5-12(10)19-3/h4-5,8-9,13H,6-7H2,1-3H3/b15-9+. The maximum Gasteiger partial charge on any atom is 0.266 e. The van der Waals surface area contributed by atoms with E-state index in [9.17, 15) is 4.79 Å². The van der Waals surface area contributed by atoms with E-state index in [1.807, 2.05) is 0 Å². The largest absolute Gasteiger partial charge is 0.497 e. The summed E-state index contributed by atoms with van der Waals surface area (Å²) in [6.07, 6.45) is 1.68. The van der Waals surface area contributed by atoms with Gasteiger partial charge in [-0.15, -0.1) is 0 Å². The maximum atomic E-state index is 11.7. The molecule has 1 aliphatic rings. The highest BCUT2D eigenvalue weighted by atomic mass is 16.6. The Morgan fingerprint density at radius 3 is 2.75 bits per heavy atom. The zero-order valence-corrected chi connectivity index (χ0v) is 11.8. The van der Waals surface area contributed by atoms with Gasteiger partial charge in [0, 0.05) is 25.6 Å². The smallest absolute Gasteiger partial charge is 0.266 e. The number of hydrogen-bond acceptors (Lipinski definition) is 5. The van der Waals surface area contributed by atoms with Gasteiger partial charge < -0.3 is 19.2 Å². The lowest BCUT2D eigenvalue weighted by Crippen LogP contribution is -2.26. The van der Waals surface area contributed by atoms with E-state index in [1.54, 1.807) is 44.4 Å². The van der Waals surface area contributed by atoms with Crippen LogP contribution in [0.3, 0.4) is 0 Å². The first-order valence-corrected chi connectivity index (χ1v) is 6.32. The summed E-state index contributed by atoms with van der Waals surface area (Å²) < 4.78 is 10.4. The Balaban J connectivity index is 2.05. The van der Waals surface area contributed by atoms with Crippen molar-refractivity contribution in [2.75, 3.05) is 27.8 Å². The van der Waals surface area contributed by atoms with Crippen molar-refractivity contribution in [3.8, 4) is 11.5 Å². The quantitative estimate of drug-likeness (QED) is 0.601. The summed E-state index contributed by atoms with van der Waals surface area (Å²) in [4.78, 5) is 18.5. The van der Waals surface area contributed by atoms with E-state index in [1.165, 1.54) is 6.21 Å². The minimum atomic E-state index is -0.493. The molecule has 0 saturated carbocycles. The minimum Gasteiger partial charge on any atom is -0.497 e. The van der Waals surface area contributed by atoms with Crippen LogP contribution < -0.4 is 9.47 Å². The number of nitrogens with zero attached hydrogens (tertiary/aromatic N) is 2. The molecule has 0 aromatic heterocycles. The number of benzene rings is 1. The lowest BCUT2D eigenvalue weighted by atomic mass is 10.2. The molecule has 0 aliphatic carbocycles. The molecule has 1 aromatic carbocycles. The fraction of sp³-hybridized carbons (Fsp3) is 0.429. The third-order valence-electron chi connectivity index (χ3n) is 3.20. The van der Waals surface area contributed by atoms with Crippen LogP contribution >= 0.6 is 0 Å². The van der Waals surface area contributed by atoms with E-state index >= 15 is 0 Å². The SMILES string of the molecule is COc1ccc(OC)c(/C=N/OC2CCN(C)C2=O)c1. The van der Waals surface area contributed by atoms with Crippen LogP contribution in [-0.4, -0.2) is 50.9 Å². The topological polar surface area (TPSA) is 60.4 Å². The molecule has 1 aliphatic heterocycles. The van der Waals surface area contributed by atoms with Crippen LogP contribution in [0.1, 0.15) is 12.0 Å². The highest BCUT2D eigenvalue weighted by Gasteiger charge is 2.30. The Bertz CT molecular complexity index is 516. The molecule has 6 nitrogen and oxygen atoms in total. The van der Waals surface area contributed by atoms with Crippen LogP contribution in [0.5, 0.6) is 11.5 Å². The molecule has 0 spiro atoms. The van der Waals surface area contributed by atoms with Gasteiger partial charge in [-0.25, -0.2) is 0 Å². The molecular weight excluding hydrogens is 260 g/mol. The Kier molecular flexibility index (Phi) is 4.45. The third-order valence-corrected chi connectivity index (χ3v) is 3.20. The van der Waals surface area contributed by atoms with Crippen molar-refractivity contribution in [1.29, 1.82) is 0 Å². The van der Waals surface area contributed by atoms with Gasteiger partial charge >= 0.3 is 0 Å². The maximum absolute atomic E-state index is 11.7. The number of amides is 1. The first-order valence-electron chi connectivity index (χ1n) is 6.32. The van der Waals surface area contributed by atoms with Crippen molar-refractivity contribution < 1.29 is 19.1 Å². The zero-order valence-electron chi connectivity index (χ0n) is 11.8. The summed E-state index contributed by atoms with van der Waals surface area (Å²) in [5.74, 6) is 1.32. The van der Waals surface area contributed by atoms with Crippen LogP contribution in [0, 0.1) is 0 Å².